The zero-order valence-electron chi connectivity index (χ0n) is 14.3. The van der Waals surface area contributed by atoms with Crippen molar-refractivity contribution in [2.45, 2.75) is 45.8 Å². The highest BCUT2D eigenvalue weighted by Crippen LogP contribution is 2.36. The third-order valence-electron chi connectivity index (χ3n) is 4.41. The van der Waals surface area contributed by atoms with Gasteiger partial charge in [-0.05, 0) is 49.0 Å². The van der Waals surface area contributed by atoms with Gasteiger partial charge in [0.25, 0.3) is 0 Å². The maximum absolute atomic E-state index is 13.0. The SMILES string of the molecule is CC(C)(C)C(NC(=O)C1CCNCC1)c1cccc(C(F)(F)F)c1. The predicted octanol–water partition coefficient (Wildman–Crippen LogP) is 3.91. The molecule has 1 aromatic carbocycles. The van der Waals surface area contributed by atoms with Crippen LogP contribution in [0.1, 0.15) is 50.8 Å². The number of alkyl halides is 3. The molecule has 1 amide bonds. The normalized spacial score (nSPS) is 18.2. The molecule has 6 heteroatoms. The summed E-state index contributed by atoms with van der Waals surface area (Å²) in [4.78, 5) is 12.5. The molecular formula is C18H25F3N2O. The standard InChI is InChI=1S/C18H25F3N2O/c1-17(2,3)15(23-16(24)12-7-9-22-10-8-12)13-5-4-6-14(11-13)18(19,20)21/h4-6,11-12,15,22H,7-10H2,1-3H3,(H,23,24). The quantitative estimate of drug-likeness (QED) is 0.874. The van der Waals surface area contributed by atoms with Gasteiger partial charge in [-0.3, -0.25) is 4.79 Å². The van der Waals surface area contributed by atoms with Crippen LogP contribution in [-0.4, -0.2) is 19.0 Å². The summed E-state index contributed by atoms with van der Waals surface area (Å²) in [6.45, 7) is 7.34. The Morgan fingerprint density at radius 1 is 1.21 bits per heavy atom. The number of carbonyl (C=O) groups excluding carboxylic acids is 1. The van der Waals surface area contributed by atoms with Gasteiger partial charge in [0.1, 0.15) is 0 Å². The molecule has 1 heterocycles. The average molecular weight is 342 g/mol. The molecule has 1 atom stereocenters. The maximum Gasteiger partial charge on any atom is 0.416 e. The molecule has 0 spiro atoms. The van der Waals surface area contributed by atoms with Gasteiger partial charge < -0.3 is 10.6 Å². The Hall–Kier alpha value is -1.56. The number of amides is 1. The Kier molecular flexibility index (Phi) is 5.58. The van der Waals surface area contributed by atoms with Crippen LogP contribution in [0.3, 0.4) is 0 Å². The monoisotopic (exact) mass is 342 g/mol. The van der Waals surface area contributed by atoms with Gasteiger partial charge in [-0.2, -0.15) is 13.2 Å². The fourth-order valence-electron chi connectivity index (χ4n) is 3.04. The molecule has 1 fully saturated rings. The highest BCUT2D eigenvalue weighted by atomic mass is 19.4. The highest BCUT2D eigenvalue weighted by molar-refractivity contribution is 5.79. The van der Waals surface area contributed by atoms with Crippen molar-refractivity contribution in [2.75, 3.05) is 13.1 Å². The van der Waals surface area contributed by atoms with Crippen molar-refractivity contribution in [3.8, 4) is 0 Å². The van der Waals surface area contributed by atoms with Crippen LogP contribution in [0.15, 0.2) is 24.3 Å². The molecule has 1 aliphatic heterocycles. The fourth-order valence-corrected chi connectivity index (χ4v) is 3.04. The van der Waals surface area contributed by atoms with E-state index in [2.05, 4.69) is 10.6 Å². The van der Waals surface area contributed by atoms with E-state index in [4.69, 9.17) is 0 Å². The number of benzene rings is 1. The highest BCUT2D eigenvalue weighted by Gasteiger charge is 2.34. The Balaban J connectivity index is 2.24. The number of piperidine rings is 1. The van der Waals surface area contributed by atoms with Crippen LogP contribution in [0.25, 0.3) is 0 Å². The van der Waals surface area contributed by atoms with Gasteiger partial charge >= 0.3 is 6.18 Å². The van der Waals surface area contributed by atoms with Gasteiger partial charge in [0, 0.05) is 5.92 Å². The second-order valence-electron chi connectivity index (χ2n) is 7.46. The van der Waals surface area contributed by atoms with Crippen molar-refractivity contribution in [1.29, 1.82) is 0 Å². The third-order valence-corrected chi connectivity index (χ3v) is 4.41. The van der Waals surface area contributed by atoms with Gasteiger partial charge in [-0.15, -0.1) is 0 Å². The molecule has 1 aliphatic rings. The second kappa shape index (κ2) is 7.13. The van der Waals surface area contributed by atoms with Gasteiger partial charge in [0.05, 0.1) is 11.6 Å². The molecule has 134 valence electrons. The number of rotatable bonds is 3. The van der Waals surface area contributed by atoms with Crippen LogP contribution < -0.4 is 10.6 Å². The summed E-state index contributed by atoms with van der Waals surface area (Å²) < 4.78 is 39.0. The van der Waals surface area contributed by atoms with E-state index in [0.717, 1.165) is 38.1 Å². The van der Waals surface area contributed by atoms with Crippen molar-refractivity contribution < 1.29 is 18.0 Å². The van der Waals surface area contributed by atoms with Gasteiger partial charge in [-0.25, -0.2) is 0 Å². The molecule has 2 N–H and O–H groups in total. The first-order valence-corrected chi connectivity index (χ1v) is 8.27. The summed E-state index contributed by atoms with van der Waals surface area (Å²) in [7, 11) is 0. The molecule has 0 saturated carbocycles. The van der Waals surface area contributed by atoms with Gasteiger partial charge in [0.15, 0.2) is 0 Å². The number of hydrogen-bond donors (Lipinski definition) is 2. The van der Waals surface area contributed by atoms with Crippen LogP contribution in [0.2, 0.25) is 0 Å². The van der Waals surface area contributed by atoms with E-state index in [1.165, 1.54) is 6.07 Å². The molecule has 3 nitrogen and oxygen atoms in total. The van der Waals surface area contributed by atoms with E-state index in [-0.39, 0.29) is 11.8 Å². The van der Waals surface area contributed by atoms with E-state index in [1.807, 2.05) is 20.8 Å². The van der Waals surface area contributed by atoms with Crippen molar-refractivity contribution in [3.05, 3.63) is 35.4 Å². The molecule has 0 aromatic heterocycles. The van der Waals surface area contributed by atoms with E-state index in [0.29, 0.717) is 5.56 Å². The van der Waals surface area contributed by atoms with Crippen molar-refractivity contribution in [3.63, 3.8) is 0 Å². The zero-order valence-corrected chi connectivity index (χ0v) is 14.3. The second-order valence-corrected chi connectivity index (χ2v) is 7.46. The molecule has 24 heavy (non-hydrogen) atoms. The molecule has 0 bridgehead atoms. The summed E-state index contributed by atoms with van der Waals surface area (Å²) in [5.41, 5.74) is -0.600. The molecule has 0 radical (unpaired) electrons. The van der Waals surface area contributed by atoms with E-state index >= 15 is 0 Å². The average Bonchev–Trinajstić information content (AvgIpc) is 2.51. The van der Waals surface area contributed by atoms with Crippen LogP contribution in [0.4, 0.5) is 13.2 Å². The summed E-state index contributed by atoms with van der Waals surface area (Å²) in [5.74, 6) is -0.157. The zero-order chi connectivity index (χ0) is 18.0. The van der Waals surface area contributed by atoms with Crippen molar-refractivity contribution in [2.24, 2.45) is 11.3 Å². The van der Waals surface area contributed by atoms with Gasteiger partial charge in [0.2, 0.25) is 5.91 Å². The van der Waals surface area contributed by atoms with Crippen molar-refractivity contribution >= 4 is 5.91 Å². The Bertz CT molecular complexity index is 572. The fraction of sp³-hybridized carbons (Fsp3) is 0.611. The topological polar surface area (TPSA) is 41.1 Å². The molecule has 1 aromatic rings. The number of carbonyl (C=O) groups is 1. The molecule has 2 rings (SSSR count). The minimum Gasteiger partial charge on any atom is -0.349 e. The smallest absolute Gasteiger partial charge is 0.349 e. The molecule has 1 saturated heterocycles. The lowest BCUT2D eigenvalue weighted by atomic mass is 9.81. The summed E-state index contributed by atoms with van der Waals surface area (Å²) >= 11 is 0. The first kappa shape index (κ1) is 18.8. The number of hydrogen-bond acceptors (Lipinski definition) is 2. The van der Waals surface area contributed by atoms with Crippen LogP contribution in [0, 0.1) is 11.3 Å². The Morgan fingerprint density at radius 2 is 1.83 bits per heavy atom. The first-order chi connectivity index (χ1) is 11.1. The molecule has 0 aliphatic carbocycles. The van der Waals surface area contributed by atoms with Crippen LogP contribution in [0.5, 0.6) is 0 Å². The maximum atomic E-state index is 13.0. The van der Waals surface area contributed by atoms with Crippen LogP contribution >= 0.6 is 0 Å². The van der Waals surface area contributed by atoms with Gasteiger partial charge in [-0.1, -0.05) is 32.9 Å². The lowest BCUT2D eigenvalue weighted by Gasteiger charge is -2.34. The lowest BCUT2D eigenvalue weighted by molar-refractivity contribution is -0.137. The minimum atomic E-state index is -4.39. The van der Waals surface area contributed by atoms with Crippen molar-refractivity contribution in [1.82, 2.24) is 10.6 Å². The third kappa shape index (κ3) is 4.72. The number of halogens is 3. The molecular weight excluding hydrogens is 317 g/mol. The Labute approximate surface area is 141 Å². The van der Waals surface area contributed by atoms with Crippen LogP contribution in [-0.2, 0) is 11.0 Å². The predicted molar refractivity (Wildman–Crippen MR) is 87.4 cm³/mol. The largest absolute Gasteiger partial charge is 0.416 e. The van der Waals surface area contributed by atoms with E-state index < -0.39 is 23.2 Å². The summed E-state index contributed by atoms with van der Waals surface area (Å²) in [6.07, 6.45) is -2.88. The molecule has 1 unspecified atom stereocenters. The minimum absolute atomic E-state index is 0.0752. The summed E-state index contributed by atoms with van der Waals surface area (Å²) in [5, 5.41) is 6.19. The van der Waals surface area contributed by atoms with E-state index in [9.17, 15) is 18.0 Å². The van der Waals surface area contributed by atoms with E-state index in [1.54, 1.807) is 6.07 Å². The summed E-state index contributed by atoms with van der Waals surface area (Å²) in [6, 6.07) is 4.76. The first-order valence-electron chi connectivity index (χ1n) is 8.27. The number of nitrogens with one attached hydrogen (secondary N) is 2. The lowest BCUT2D eigenvalue weighted by Crippen LogP contribution is -2.43. The Morgan fingerprint density at radius 3 is 2.38 bits per heavy atom.